The Balaban J connectivity index is 2.13. The lowest BCUT2D eigenvalue weighted by Gasteiger charge is -2.07. The van der Waals surface area contributed by atoms with Crippen molar-refractivity contribution >= 4 is 11.6 Å². The second-order valence-corrected chi connectivity index (χ2v) is 4.86. The first-order valence-corrected chi connectivity index (χ1v) is 7.18. The molecule has 2 rings (SSSR count). The molecule has 1 aromatic heterocycles. The third kappa shape index (κ3) is 4.05. The van der Waals surface area contributed by atoms with Gasteiger partial charge in [-0.3, -0.25) is 4.79 Å². The van der Waals surface area contributed by atoms with E-state index in [1.807, 2.05) is 30.3 Å². The summed E-state index contributed by atoms with van der Waals surface area (Å²) in [5.41, 5.74) is 5.07. The predicted molar refractivity (Wildman–Crippen MR) is 83.4 cm³/mol. The third-order valence-corrected chi connectivity index (χ3v) is 3.27. The number of carbonyl (C=O) groups is 1. The average Bonchev–Trinajstić information content (AvgIpc) is 2.94. The first-order chi connectivity index (χ1) is 10.2. The van der Waals surface area contributed by atoms with Crippen LogP contribution in [0.4, 0.5) is 0 Å². The number of nitrogens with one attached hydrogen (secondary N) is 1. The molecule has 1 amide bonds. The fraction of sp³-hybridized carbons (Fsp3) is 0.294. The molecule has 0 fully saturated rings. The fourth-order valence-corrected chi connectivity index (χ4v) is 2.04. The summed E-state index contributed by atoms with van der Waals surface area (Å²) in [5.74, 6) is 0.351. The van der Waals surface area contributed by atoms with Gasteiger partial charge in [-0.25, -0.2) is 5.43 Å². The van der Waals surface area contributed by atoms with Crippen LogP contribution in [-0.4, -0.2) is 11.6 Å². The minimum Gasteiger partial charge on any atom is -0.469 e. The van der Waals surface area contributed by atoms with Gasteiger partial charge in [0.05, 0.1) is 17.5 Å². The summed E-state index contributed by atoms with van der Waals surface area (Å²) in [5, 5.41) is 4.30. The summed E-state index contributed by atoms with van der Waals surface area (Å²) in [7, 11) is 0. The monoisotopic (exact) mass is 284 g/mol. The van der Waals surface area contributed by atoms with Gasteiger partial charge in [0.1, 0.15) is 5.76 Å². The van der Waals surface area contributed by atoms with E-state index in [1.54, 1.807) is 13.0 Å². The maximum absolute atomic E-state index is 12.1. The maximum atomic E-state index is 12.1. The van der Waals surface area contributed by atoms with E-state index in [-0.39, 0.29) is 5.91 Å². The Bertz CT molecular complexity index is 615. The number of hydrazone groups is 1. The zero-order chi connectivity index (χ0) is 15.1. The number of hydrogen-bond acceptors (Lipinski definition) is 3. The molecule has 0 atom stereocenters. The minimum absolute atomic E-state index is 0.244. The summed E-state index contributed by atoms with van der Waals surface area (Å²) < 4.78 is 5.13. The van der Waals surface area contributed by atoms with Crippen LogP contribution in [0.2, 0.25) is 0 Å². The van der Waals surface area contributed by atoms with Crippen molar-refractivity contribution in [2.24, 2.45) is 5.10 Å². The number of aryl methyl sites for hydroxylation is 1. The first kappa shape index (κ1) is 15.0. The van der Waals surface area contributed by atoms with Gasteiger partial charge in [0.2, 0.25) is 0 Å². The second-order valence-electron chi connectivity index (χ2n) is 4.86. The molecule has 1 aromatic carbocycles. The van der Waals surface area contributed by atoms with Gasteiger partial charge in [0, 0.05) is 0 Å². The molecule has 0 radical (unpaired) electrons. The van der Waals surface area contributed by atoms with Crippen LogP contribution in [-0.2, 0) is 0 Å². The standard InChI is InChI=1S/C17H20N2O2/c1-3-4-10-16(14-8-6-5-7-9-14)18-19-17(20)15-11-12-21-13(15)2/h5-9,11-12H,3-4,10H2,1-2H3,(H,19,20). The third-order valence-electron chi connectivity index (χ3n) is 3.27. The molecule has 0 bridgehead atoms. The van der Waals surface area contributed by atoms with Crippen molar-refractivity contribution in [3.05, 3.63) is 59.5 Å². The highest BCUT2D eigenvalue weighted by atomic mass is 16.3. The highest BCUT2D eigenvalue weighted by Gasteiger charge is 2.11. The van der Waals surface area contributed by atoms with Crippen LogP contribution < -0.4 is 5.43 Å². The van der Waals surface area contributed by atoms with Crippen LogP contribution in [0.1, 0.15) is 47.9 Å². The number of unbranched alkanes of at least 4 members (excludes halogenated alkanes) is 1. The molecule has 110 valence electrons. The highest BCUT2D eigenvalue weighted by Crippen LogP contribution is 2.10. The summed E-state index contributed by atoms with van der Waals surface area (Å²) in [6.07, 6.45) is 4.46. The molecule has 0 unspecified atom stereocenters. The molecule has 0 saturated carbocycles. The zero-order valence-electron chi connectivity index (χ0n) is 12.4. The average molecular weight is 284 g/mol. The number of nitrogens with zero attached hydrogens (tertiary/aromatic N) is 1. The van der Waals surface area contributed by atoms with E-state index in [0.717, 1.165) is 30.5 Å². The summed E-state index contributed by atoms with van der Waals surface area (Å²) >= 11 is 0. The largest absolute Gasteiger partial charge is 0.469 e. The molecule has 0 spiro atoms. The number of carbonyl (C=O) groups excluding carboxylic acids is 1. The molecule has 21 heavy (non-hydrogen) atoms. The number of hydrogen-bond donors (Lipinski definition) is 1. The van der Waals surface area contributed by atoms with Gasteiger partial charge in [-0.2, -0.15) is 5.10 Å². The van der Waals surface area contributed by atoms with Crippen molar-refractivity contribution in [2.75, 3.05) is 0 Å². The number of furan rings is 1. The van der Waals surface area contributed by atoms with Crippen LogP contribution in [0.15, 0.2) is 52.2 Å². The highest BCUT2D eigenvalue weighted by molar-refractivity contribution is 6.02. The smallest absolute Gasteiger partial charge is 0.274 e. The SMILES string of the molecule is CCCCC(=NNC(=O)c1ccoc1C)c1ccccc1. The van der Waals surface area contributed by atoms with Gasteiger partial charge < -0.3 is 4.42 Å². The molecule has 0 aliphatic heterocycles. The molecular weight excluding hydrogens is 264 g/mol. The second kappa shape index (κ2) is 7.43. The lowest BCUT2D eigenvalue weighted by Crippen LogP contribution is -2.20. The van der Waals surface area contributed by atoms with Gasteiger partial charge >= 0.3 is 0 Å². The Hall–Kier alpha value is -2.36. The predicted octanol–water partition coefficient (Wildman–Crippen LogP) is 3.91. The number of rotatable bonds is 6. The topological polar surface area (TPSA) is 54.6 Å². The van der Waals surface area contributed by atoms with Gasteiger partial charge in [-0.1, -0.05) is 43.7 Å². The molecule has 0 aliphatic rings. The summed E-state index contributed by atoms with van der Waals surface area (Å²) in [6, 6.07) is 11.6. The summed E-state index contributed by atoms with van der Waals surface area (Å²) in [4.78, 5) is 12.1. The van der Waals surface area contributed by atoms with E-state index in [9.17, 15) is 4.79 Å². The molecule has 4 heteroatoms. The van der Waals surface area contributed by atoms with Crippen LogP contribution in [0, 0.1) is 6.92 Å². The van der Waals surface area contributed by atoms with Crippen molar-refractivity contribution < 1.29 is 9.21 Å². The van der Waals surface area contributed by atoms with E-state index in [0.29, 0.717) is 11.3 Å². The summed E-state index contributed by atoms with van der Waals surface area (Å²) in [6.45, 7) is 3.89. The quantitative estimate of drug-likeness (QED) is 0.646. The maximum Gasteiger partial charge on any atom is 0.274 e. The van der Waals surface area contributed by atoms with E-state index in [1.165, 1.54) is 6.26 Å². The fourth-order valence-electron chi connectivity index (χ4n) is 2.04. The lowest BCUT2D eigenvalue weighted by atomic mass is 10.1. The number of amides is 1. The van der Waals surface area contributed by atoms with Gasteiger partial charge in [0.25, 0.3) is 5.91 Å². The molecule has 0 saturated heterocycles. The van der Waals surface area contributed by atoms with Crippen molar-refractivity contribution in [1.29, 1.82) is 0 Å². The van der Waals surface area contributed by atoms with Crippen molar-refractivity contribution in [3.63, 3.8) is 0 Å². The van der Waals surface area contributed by atoms with Crippen LogP contribution in [0.5, 0.6) is 0 Å². The van der Waals surface area contributed by atoms with Crippen molar-refractivity contribution in [2.45, 2.75) is 33.1 Å². The molecule has 0 aliphatic carbocycles. The molecular formula is C17H20N2O2. The Morgan fingerprint density at radius 2 is 2.00 bits per heavy atom. The molecule has 1 N–H and O–H groups in total. The van der Waals surface area contributed by atoms with Crippen molar-refractivity contribution in [3.8, 4) is 0 Å². The molecule has 2 aromatic rings. The van der Waals surface area contributed by atoms with E-state index >= 15 is 0 Å². The Morgan fingerprint density at radius 1 is 1.24 bits per heavy atom. The Kier molecular flexibility index (Phi) is 5.32. The van der Waals surface area contributed by atoms with Crippen LogP contribution >= 0.6 is 0 Å². The molecule has 1 heterocycles. The van der Waals surface area contributed by atoms with Gasteiger partial charge in [0.15, 0.2) is 0 Å². The van der Waals surface area contributed by atoms with Gasteiger partial charge in [-0.05, 0) is 31.4 Å². The van der Waals surface area contributed by atoms with Crippen LogP contribution in [0.3, 0.4) is 0 Å². The van der Waals surface area contributed by atoms with Crippen molar-refractivity contribution in [1.82, 2.24) is 5.43 Å². The molecule has 4 nitrogen and oxygen atoms in total. The minimum atomic E-state index is -0.244. The number of benzene rings is 1. The normalized spacial score (nSPS) is 11.4. The van der Waals surface area contributed by atoms with Crippen LogP contribution in [0.25, 0.3) is 0 Å². The first-order valence-electron chi connectivity index (χ1n) is 7.18. The van der Waals surface area contributed by atoms with E-state index in [2.05, 4.69) is 17.5 Å². The zero-order valence-corrected chi connectivity index (χ0v) is 12.4. The Labute approximate surface area is 124 Å². The Morgan fingerprint density at radius 3 is 2.62 bits per heavy atom. The van der Waals surface area contributed by atoms with E-state index < -0.39 is 0 Å². The van der Waals surface area contributed by atoms with Gasteiger partial charge in [-0.15, -0.1) is 0 Å². The lowest BCUT2D eigenvalue weighted by molar-refractivity contribution is 0.0953. The van der Waals surface area contributed by atoms with E-state index in [4.69, 9.17) is 4.42 Å².